The second kappa shape index (κ2) is 9.50. The molecule has 6 nitrogen and oxygen atoms in total. The lowest BCUT2D eigenvalue weighted by Gasteiger charge is -2.28. The Morgan fingerprint density at radius 2 is 1.43 bits per heavy atom. The summed E-state index contributed by atoms with van der Waals surface area (Å²) in [6.45, 7) is 3.80. The first-order valence-corrected chi connectivity index (χ1v) is 12.0. The Bertz CT molecular complexity index is 1440. The number of nitrogens with zero attached hydrogens (tertiary/aromatic N) is 2. The standard InChI is InChI=1S/C30H26FN3O3/c1-20-17-26(21(2)33(20)18-22-13-15-25(31)16-14-22)27(35)19-34-28(36)30(32-29(34)37,23-9-5-3-6-10-23)24-11-7-4-8-12-24/h3-17H,18-19H2,1-2H3,(H,32,37). The van der Waals surface area contributed by atoms with Crippen molar-refractivity contribution in [2.45, 2.75) is 25.9 Å². The zero-order chi connectivity index (χ0) is 26.2. The van der Waals surface area contributed by atoms with E-state index >= 15 is 0 Å². The summed E-state index contributed by atoms with van der Waals surface area (Å²) in [4.78, 5) is 41.4. The van der Waals surface area contributed by atoms with Gasteiger partial charge in [-0.05, 0) is 48.7 Å². The van der Waals surface area contributed by atoms with Gasteiger partial charge in [0.25, 0.3) is 5.91 Å². The van der Waals surface area contributed by atoms with E-state index < -0.39 is 17.5 Å². The number of ketones is 1. The molecule has 3 amide bonds. The first-order chi connectivity index (χ1) is 17.8. The van der Waals surface area contributed by atoms with Gasteiger partial charge in [-0.25, -0.2) is 9.18 Å². The third-order valence-electron chi connectivity index (χ3n) is 6.95. The van der Waals surface area contributed by atoms with Gasteiger partial charge in [-0.1, -0.05) is 72.8 Å². The molecule has 1 N–H and O–H groups in total. The van der Waals surface area contributed by atoms with Gasteiger partial charge in [0.2, 0.25) is 0 Å². The number of aryl methyl sites for hydroxylation is 1. The van der Waals surface area contributed by atoms with Crippen LogP contribution in [0.3, 0.4) is 0 Å². The monoisotopic (exact) mass is 495 g/mol. The lowest BCUT2D eigenvalue weighted by molar-refractivity contribution is -0.129. The fourth-order valence-electron chi connectivity index (χ4n) is 4.98. The number of nitrogens with one attached hydrogen (secondary N) is 1. The van der Waals surface area contributed by atoms with Crippen molar-refractivity contribution in [2.24, 2.45) is 0 Å². The number of Topliss-reactive ketones (excluding diaryl/α,β-unsaturated/α-hetero) is 1. The molecule has 1 saturated heterocycles. The molecule has 0 spiro atoms. The van der Waals surface area contributed by atoms with Crippen LogP contribution >= 0.6 is 0 Å². The molecule has 2 heterocycles. The third-order valence-corrected chi connectivity index (χ3v) is 6.95. The minimum Gasteiger partial charge on any atom is -0.344 e. The molecule has 0 unspecified atom stereocenters. The number of urea groups is 1. The molecule has 4 aromatic rings. The Morgan fingerprint density at radius 3 is 2.00 bits per heavy atom. The zero-order valence-corrected chi connectivity index (χ0v) is 20.6. The smallest absolute Gasteiger partial charge is 0.325 e. The van der Waals surface area contributed by atoms with E-state index in [1.165, 1.54) is 12.1 Å². The number of halogens is 1. The van der Waals surface area contributed by atoms with Crippen molar-refractivity contribution < 1.29 is 18.8 Å². The van der Waals surface area contributed by atoms with Gasteiger partial charge in [0, 0.05) is 23.5 Å². The maximum Gasteiger partial charge on any atom is 0.325 e. The Kier molecular flexibility index (Phi) is 6.21. The van der Waals surface area contributed by atoms with E-state index in [0.717, 1.165) is 21.9 Å². The van der Waals surface area contributed by atoms with Gasteiger partial charge in [-0.15, -0.1) is 0 Å². The first-order valence-electron chi connectivity index (χ1n) is 12.0. The summed E-state index contributed by atoms with van der Waals surface area (Å²) in [5.74, 6) is -1.14. The molecule has 186 valence electrons. The van der Waals surface area contributed by atoms with E-state index in [2.05, 4.69) is 5.32 Å². The molecule has 1 fully saturated rings. The molecule has 7 heteroatoms. The van der Waals surface area contributed by atoms with Crippen molar-refractivity contribution in [1.82, 2.24) is 14.8 Å². The summed E-state index contributed by atoms with van der Waals surface area (Å²) in [6.07, 6.45) is 0. The first kappa shape index (κ1) is 24.2. The summed E-state index contributed by atoms with van der Waals surface area (Å²) in [7, 11) is 0. The molecule has 1 aliphatic rings. The van der Waals surface area contributed by atoms with Gasteiger partial charge < -0.3 is 9.88 Å². The molecule has 0 atom stereocenters. The van der Waals surface area contributed by atoms with Crippen LogP contribution in [0, 0.1) is 19.7 Å². The second-order valence-corrected chi connectivity index (χ2v) is 9.22. The predicted molar refractivity (Wildman–Crippen MR) is 138 cm³/mol. The summed E-state index contributed by atoms with van der Waals surface area (Å²) >= 11 is 0. The highest BCUT2D eigenvalue weighted by Crippen LogP contribution is 2.36. The highest BCUT2D eigenvalue weighted by atomic mass is 19.1. The number of aromatic nitrogens is 1. The van der Waals surface area contributed by atoms with Crippen LogP contribution < -0.4 is 5.32 Å². The van der Waals surface area contributed by atoms with Crippen LogP contribution in [0.1, 0.15) is 38.4 Å². The minimum atomic E-state index is -1.42. The van der Waals surface area contributed by atoms with Crippen LogP contribution in [-0.4, -0.2) is 33.7 Å². The number of benzene rings is 3. The highest BCUT2D eigenvalue weighted by Gasteiger charge is 2.54. The van der Waals surface area contributed by atoms with Crippen LogP contribution in [0.25, 0.3) is 0 Å². The van der Waals surface area contributed by atoms with Crippen molar-refractivity contribution in [2.75, 3.05) is 6.54 Å². The quantitative estimate of drug-likeness (QED) is 0.291. The lowest BCUT2D eigenvalue weighted by atomic mass is 9.82. The molecule has 37 heavy (non-hydrogen) atoms. The summed E-state index contributed by atoms with van der Waals surface area (Å²) in [5, 5.41) is 2.87. The molecule has 0 radical (unpaired) electrons. The van der Waals surface area contributed by atoms with E-state index in [9.17, 15) is 18.8 Å². The zero-order valence-electron chi connectivity index (χ0n) is 20.6. The van der Waals surface area contributed by atoms with E-state index in [0.29, 0.717) is 23.2 Å². The van der Waals surface area contributed by atoms with E-state index in [1.54, 1.807) is 42.5 Å². The van der Waals surface area contributed by atoms with Crippen molar-refractivity contribution in [3.05, 3.63) is 130 Å². The molecule has 1 aromatic heterocycles. The van der Waals surface area contributed by atoms with Gasteiger partial charge in [0.15, 0.2) is 11.3 Å². The van der Waals surface area contributed by atoms with Gasteiger partial charge in [-0.2, -0.15) is 0 Å². The van der Waals surface area contributed by atoms with Gasteiger partial charge in [0.1, 0.15) is 5.82 Å². The van der Waals surface area contributed by atoms with Crippen LogP contribution in [-0.2, 0) is 16.9 Å². The summed E-state index contributed by atoms with van der Waals surface area (Å²) < 4.78 is 15.3. The van der Waals surface area contributed by atoms with Gasteiger partial charge in [0.05, 0.1) is 6.54 Å². The molecule has 0 aliphatic carbocycles. The summed E-state index contributed by atoms with van der Waals surface area (Å²) in [5.41, 5.74) is 2.73. The largest absolute Gasteiger partial charge is 0.344 e. The molecule has 0 saturated carbocycles. The number of hydrogen-bond acceptors (Lipinski definition) is 3. The van der Waals surface area contributed by atoms with E-state index in [-0.39, 0.29) is 18.1 Å². The van der Waals surface area contributed by atoms with Crippen LogP contribution in [0.5, 0.6) is 0 Å². The van der Waals surface area contributed by atoms with Crippen molar-refractivity contribution in [3.8, 4) is 0 Å². The molecule has 3 aromatic carbocycles. The SMILES string of the molecule is Cc1cc(C(=O)CN2C(=O)NC(c3ccccc3)(c3ccccc3)C2=O)c(C)n1Cc1ccc(F)cc1. The van der Waals surface area contributed by atoms with Crippen molar-refractivity contribution in [3.63, 3.8) is 0 Å². The molecule has 0 bridgehead atoms. The van der Waals surface area contributed by atoms with Crippen LogP contribution in [0.15, 0.2) is 91.0 Å². The van der Waals surface area contributed by atoms with E-state index in [1.807, 2.05) is 54.8 Å². The number of amides is 3. The third kappa shape index (κ3) is 4.22. The lowest BCUT2D eigenvalue weighted by Crippen LogP contribution is -2.45. The fraction of sp³-hybridized carbons (Fsp3) is 0.167. The van der Waals surface area contributed by atoms with Crippen LogP contribution in [0.4, 0.5) is 9.18 Å². The van der Waals surface area contributed by atoms with Gasteiger partial charge in [-0.3, -0.25) is 14.5 Å². The maximum atomic E-state index is 13.9. The van der Waals surface area contributed by atoms with Crippen molar-refractivity contribution in [1.29, 1.82) is 0 Å². The average Bonchev–Trinajstić information content (AvgIpc) is 3.34. The number of carbonyl (C=O) groups is 3. The predicted octanol–water partition coefficient (Wildman–Crippen LogP) is 4.97. The van der Waals surface area contributed by atoms with Gasteiger partial charge >= 0.3 is 6.03 Å². The Morgan fingerprint density at radius 1 is 0.865 bits per heavy atom. The molecular weight excluding hydrogens is 469 g/mol. The minimum absolute atomic E-state index is 0.309. The molecule has 5 rings (SSSR count). The topological polar surface area (TPSA) is 71.4 Å². The maximum absolute atomic E-state index is 13.9. The second-order valence-electron chi connectivity index (χ2n) is 9.22. The number of rotatable bonds is 7. The average molecular weight is 496 g/mol. The normalized spacial score (nSPS) is 14.6. The Hall–Kier alpha value is -4.52. The molecular formula is C30H26FN3O3. The number of imide groups is 1. The van der Waals surface area contributed by atoms with Crippen molar-refractivity contribution >= 4 is 17.7 Å². The molecule has 1 aliphatic heterocycles. The number of carbonyl (C=O) groups excluding carboxylic acids is 3. The Labute approximate surface area is 214 Å². The van der Waals surface area contributed by atoms with Crippen LogP contribution in [0.2, 0.25) is 0 Å². The Balaban J connectivity index is 1.44. The highest BCUT2D eigenvalue weighted by molar-refractivity contribution is 6.13. The summed E-state index contributed by atoms with van der Waals surface area (Å²) in [6, 6.07) is 25.4. The number of hydrogen-bond donors (Lipinski definition) is 1. The van der Waals surface area contributed by atoms with E-state index in [4.69, 9.17) is 0 Å². The fourth-order valence-corrected chi connectivity index (χ4v) is 4.98.